The van der Waals surface area contributed by atoms with Crippen LogP contribution in [0.4, 0.5) is 0 Å². The van der Waals surface area contributed by atoms with Gasteiger partial charge in [-0.25, -0.2) is 14.6 Å². The van der Waals surface area contributed by atoms with Crippen molar-refractivity contribution < 1.29 is 29.3 Å². The van der Waals surface area contributed by atoms with Gasteiger partial charge in [0.1, 0.15) is 17.6 Å². The summed E-state index contributed by atoms with van der Waals surface area (Å²) in [5.74, 6) is -1.81. The minimum absolute atomic E-state index is 0.101. The maximum Gasteiger partial charge on any atom is 0.347 e. The summed E-state index contributed by atoms with van der Waals surface area (Å²) in [6.07, 6.45) is 3.16. The van der Waals surface area contributed by atoms with Crippen LogP contribution in [-0.4, -0.2) is 55.7 Å². The smallest absolute Gasteiger partial charge is 0.347 e. The number of carbonyl (C=O) groups excluding carboxylic acids is 2. The molecule has 2 N–H and O–H groups in total. The van der Waals surface area contributed by atoms with E-state index >= 15 is 0 Å². The van der Waals surface area contributed by atoms with Gasteiger partial charge >= 0.3 is 11.9 Å². The van der Waals surface area contributed by atoms with Gasteiger partial charge < -0.3 is 24.4 Å². The molecule has 0 saturated carbocycles. The highest BCUT2D eigenvalue weighted by Crippen LogP contribution is 2.42. The Labute approximate surface area is 191 Å². The van der Waals surface area contributed by atoms with Gasteiger partial charge in [0.2, 0.25) is 0 Å². The maximum absolute atomic E-state index is 12.9. The monoisotopic (exact) mass is 453 g/mol. The summed E-state index contributed by atoms with van der Waals surface area (Å²) in [7, 11) is 0. The molecule has 9 heteroatoms. The molecule has 2 aliphatic heterocycles. The summed E-state index contributed by atoms with van der Waals surface area (Å²) in [6, 6.07) is 5.81. The highest BCUT2D eigenvalue weighted by Gasteiger charge is 2.48. The molecule has 174 valence electrons. The molecule has 0 aliphatic carbocycles. The quantitative estimate of drug-likeness (QED) is 0.465. The number of carboxylic acid groups (broad SMARTS) is 1. The topological polar surface area (TPSA) is 122 Å². The van der Waals surface area contributed by atoms with Crippen LogP contribution in [0.25, 0.3) is 0 Å². The number of benzene rings is 1. The predicted molar refractivity (Wildman–Crippen MR) is 118 cm³/mol. The lowest BCUT2D eigenvalue weighted by Crippen LogP contribution is -2.38. The van der Waals surface area contributed by atoms with Crippen LogP contribution in [0.1, 0.15) is 65.9 Å². The number of imidazole rings is 1. The van der Waals surface area contributed by atoms with Gasteiger partial charge in [-0.15, -0.1) is 0 Å². The molecule has 1 unspecified atom stereocenters. The number of aromatic carboxylic acids is 1. The highest BCUT2D eigenvalue weighted by atomic mass is 16.5. The Morgan fingerprint density at radius 3 is 2.58 bits per heavy atom. The summed E-state index contributed by atoms with van der Waals surface area (Å²) in [4.78, 5) is 42.9. The van der Waals surface area contributed by atoms with Crippen LogP contribution in [0.15, 0.2) is 35.6 Å². The fourth-order valence-electron chi connectivity index (χ4n) is 4.48. The number of esters is 1. The SMILES string of the molecule is CCCCc1nc2c(n1Cc1ccc(C(=O)O)cc1)C1C(O)=C(C(=O)OCC)C(=O)N1CC2. The predicted octanol–water partition coefficient (Wildman–Crippen LogP) is 2.79. The first kappa shape index (κ1) is 22.6. The zero-order valence-electron chi connectivity index (χ0n) is 18.7. The molecule has 1 amide bonds. The zero-order chi connectivity index (χ0) is 23.7. The van der Waals surface area contributed by atoms with Crippen LogP contribution in [0, 0.1) is 0 Å². The van der Waals surface area contributed by atoms with Gasteiger partial charge in [-0.2, -0.15) is 0 Å². The normalized spacial score (nSPS) is 17.2. The lowest BCUT2D eigenvalue weighted by molar-refractivity contribution is -0.141. The number of unbranched alkanes of at least 4 members (excludes halogenated alkanes) is 1. The van der Waals surface area contributed by atoms with Crippen LogP contribution in [-0.2, 0) is 33.7 Å². The van der Waals surface area contributed by atoms with E-state index in [1.54, 1.807) is 31.2 Å². The van der Waals surface area contributed by atoms with Crippen molar-refractivity contribution in [3.05, 3.63) is 63.9 Å². The molecule has 1 atom stereocenters. The van der Waals surface area contributed by atoms with Crippen LogP contribution in [0.2, 0.25) is 0 Å². The molecule has 9 nitrogen and oxygen atoms in total. The van der Waals surface area contributed by atoms with Crippen LogP contribution in [0.3, 0.4) is 0 Å². The summed E-state index contributed by atoms with van der Waals surface area (Å²) >= 11 is 0. The average Bonchev–Trinajstić information content (AvgIpc) is 3.26. The highest BCUT2D eigenvalue weighted by molar-refractivity contribution is 6.18. The number of fused-ring (bicyclic) bond motifs is 3. The van der Waals surface area contributed by atoms with Crippen molar-refractivity contribution in [2.24, 2.45) is 0 Å². The first-order valence-electron chi connectivity index (χ1n) is 11.2. The number of aryl methyl sites for hydroxylation is 1. The molecule has 3 heterocycles. The molecule has 0 saturated heterocycles. The third-order valence-corrected chi connectivity index (χ3v) is 6.09. The molecule has 33 heavy (non-hydrogen) atoms. The van der Waals surface area contributed by atoms with Crippen molar-refractivity contribution in [2.45, 2.75) is 52.1 Å². The Kier molecular flexibility index (Phi) is 6.22. The minimum Gasteiger partial charge on any atom is -0.509 e. The number of rotatable bonds is 8. The first-order valence-corrected chi connectivity index (χ1v) is 11.2. The Balaban J connectivity index is 1.78. The number of aliphatic hydroxyl groups excluding tert-OH is 1. The third kappa shape index (κ3) is 3.99. The summed E-state index contributed by atoms with van der Waals surface area (Å²) < 4.78 is 7.00. The number of hydrogen-bond donors (Lipinski definition) is 2. The molecule has 0 bridgehead atoms. The van der Waals surface area contributed by atoms with Gasteiger partial charge in [0.25, 0.3) is 5.91 Å². The third-order valence-electron chi connectivity index (χ3n) is 6.09. The number of ether oxygens (including phenoxy) is 1. The second-order valence-corrected chi connectivity index (χ2v) is 8.18. The Hall–Kier alpha value is -3.62. The molecule has 4 rings (SSSR count). The number of carboxylic acids is 1. The molecule has 0 fully saturated rings. The fourth-order valence-corrected chi connectivity index (χ4v) is 4.48. The fraction of sp³-hybridized carbons (Fsp3) is 0.417. The summed E-state index contributed by atoms with van der Waals surface area (Å²) in [6.45, 7) is 4.59. The number of aromatic nitrogens is 2. The lowest BCUT2D eigenvalue weighted by Gasteiger charge is -2.31. The molecular formula is C24H27N3O6. The number of carbonyl (C=O) groups is 3. The van der Waals surface area contributed by atoms with Gasteiger partial charge in [0.05, 0.1) is 23.6 Å². The summed E-state index contributed by atoms with van der Waals surface area (Å²) in [5, 5.41) is 20.2. The number of amides is 1. The molecular weight excluding hydrogens is 426 g/mol. The second kappa shape index (κ2) is 9.09. The van der Waals surface area contributed by atoms with E-state index in [1.165, 1.54) is 4.90 Å². The van der Waals surface area contributed by atoms with Crippen LogP contribution < -0.4 is 0 Å². The summed E-state index contributed by atoms with van der Waals surface area (Å²) in [5.41, 5.74) is 2.25. The van der Waals surface area contributed by atoms with E-state index in [0.717, 1.165) is 36.3 Å². The largest absolute Gasteiger partial charge is 0.509 e. The van der Waals surface area contributed by atoms with E-state index in [2.05, 4.69) is 6.92 Å². The molecule has 0 radical (unpaired) electrons. The van der Waals surface area contributed by atoms with E-state index in [-0.39, 0.29) is 23.5 Å². The van der Waals surface area contributed by atoms with Crippen LogP contribution in [0.5, 0.6) is 0 Å². The molecule has 1 aromatic heterocycles. The van der Waals surface area contributed by atoms with Crippen molar-refractivity contribution in [1.29, 1.82) is 0 Å². The average molecular weight is 453 g/mol. The van der Waals surface area contributed by atoms with Crippen molar-refractivity contribution in [1.82, 2.24) is 14.5 Å². The van der Waals surface area contributed by atoms with Gasteiger partial charge in [-0.1, -0.05) is 25.5 Å². The number of aliphatic hydroxyl groups is 1. The Bertz CT molecular complexity index is 1130. The van der Waals surface area contributed by atoms with Crippen molar-refractivity contribution in [3.63, 3.8) is 0 Å². The van der Waals surface area contributed by atoms with Crippen LogP contribution >= 0.6 is 0 Å². The van der Waals surface area contributed by atoms with E-state index in [4.69, 9.17) is 9.72 Å². The Morgan fingerprint density at radius 1 is 1.21 bits per heavy atom. The first-order chi connectivity index (χ1) is 15.9. The van der Waals surface area contributed by atoms with E-state index < -0.39 is 23.9 Å². The van der Waals surface area contributed by atoms with Crippen molar-refractivity contribution in [3.8, 4) is 0 Å². The van der Waals surface area contributed by atoms with Crippen molar-refractivity contribution >= 4 is 17.8 Å². The standard InChI is InChI=1S/C24H27N3O6/c1-3-5-6-17-25-16-11-12-26-20(21(28)18(22(26)29)24(32)33-4-2)19(16)27(17)13-14-7-9-15(10-8-14)23(30)31/h7-10,20,28H,3-6,11-13H2,1-2H3,(H,30,31). The van der Waals surface area contributed by atoms with E-state index in [0.29, 0.717) is 25.2 Å². The Morgan fingerprint density at radius 2 is 1.94 bits per heavy atom. The van der Waals surface area contributed by atoms with Gasteiger partial charge in [0, 0.05) is 25.9 Å². The zero-order valence-corrected chi connectivity index (χ0v) is 18.7. The van der Waals surface area contributed by atoms with Gasteiger partial charge in [-0.05, 0) is 31.0 Å². The molecule has 1 aromatic carbocycles. The minimum atomic E-state index is -0.994. The van der Waals surface area contributed by atoms with Crippen molar-refractivity contribution in [2.75, 3.05) is 13.2 Å². The van der Waals surface area contributed by atoms with E-state index in [1.807, 2.05) is 4.57 Å². The molecule has 0 spiro atoms. The second-order valence-electron chi connectivity index (χ2n) is 8.18. The maximum atomic E-state index is 12.9. The lowest BCUT2D eigenvalue weighted by atomic mass is 10.0. The van der Waals surface area contributed by atoms with E-state index in [9.17, 15) is 24.6 Å². The van der Waals surface area contributed by atoms with Gasteiger partial charge in [-0.3, -0.25) is 4.79 Å². The molecule has 2 aliphatic rings. The van der Waals surface area contributed by atoms with Gasteiger partial charge in [0.15, 0.2) is 5.57 Å². The number of hydrogen-bond acceptors (Lipinski definition) is 6. The molecule has 2 aromatic rings. The number of nitrogens with zero attached hydrogens (tertiary/aromatic N) is 3.